The maximum atomic E-state index is 4.68. The Morgan fingerprint density at radius 1 is 1.17 bits per heavy atom. The first-order valence-corrected chi connectivity index (χ1v) is 6.71. The van der Waals surface area contributed by atoms with Crippen LogP contribution in [0.1, 0.15) is 5.56 Å². The van der Waals surface area contributed by atoms with Gasteiger partial charge in [0.15, 0.2) is 5.82 Å². The molecular weight excluding hydrogens is 242 g/mol. The molecule has 0 fully saturated rings. The minimum Gasteiger partial charge on any atom is -0.373 e. The molecule has 0 saturated heterocycles. The standard InChI is InChI=1S/C14H13N3S/c1-9-4-3-5-11-12(9)16-13(17-14(11)15-2)10-6-7-18-8-10/h3-8H,1-2H3,(H,15,16,17). The summed E-state index contributed by atoms with van der Waals surface area (Å²) in [5, 5.41) is 8.33. The van der Waals surface area contributed by atoms with Gasteiger partial charge in [-0.15, -0.1) is 0 Å². The lowest BCUT2D eigenvalue weighted by Crippen LogP contribution is -1.99. The van der Waals surface area contributed by atoms with Gasteiger partial charge in [0.1, 0.15) is 5.82 Å². The number of para-hydroxylation sites is 1. The Balaban J connectivity index is 2.33. The second-order valence-electron chi connectivity index (χ2n) is 4.13. The molecule has 3 aromatic rings. The van der Waals surface area contributed by atoms with Crippen molar-refractivity contribution in [1.29, 1.82) is 0 Å². The molecule has 0 aliphatic heterocycles. The molecule has 0 radical (unpaired) electrons. The van der Waals surface area contributed by atoms with E-state index in [0.717, 1.165) is 28.1 Å². The molecule has 0 bridgehead atoms. The molecule has 0 amide bonds. The molecule has 0 aliphatic rings. The number of hydrogen-bond acceptors (Lipinski definition) is 4. The number of fused-ring (bicyclic) bond motifs is 1. The highest BCUT2D eigenvalue weighted by atomic mass is 32.1. The fourth-order valence-electron chi connectivity index (χ4n) is 2.01. The van der Waals surface area contributed by atoms with Crippen LogP contribution in [0.5, 0.6) is 0 Å². The summed E-state index contributed by atoms with van der Waals surface area (Å²) in [6, 6.07) is 8.20. The number of nitrogens with one attached hydrogen (secondary N) is 1. The topological polar surface area (TPSA) is 37.8 Å². The van der Waals surface area contributed by atoms with Crippen LogP contribution in [-0.2, 0) is 0 Å². The summed E-state index contributed by atoms with van der Waals surface area (Å²) in [6.07, 6.45) is 0. The van der Waals surface area contributed by atoms with E-state index >= 15 is 0 Å². The molecule has 2 heterocycles. The second-order valence-corrected chi connectivity index (χ2v) is 4.91. The quantitative estimate of drug-likeness (QED) is 0.758. The Morgan fingerprint density at radius 2 is 2.06 bits per heavy atom. The van der Waals surface area contributed by atoms with E-state index in [1.54, 1.807) is 11.3 Å². The van der Waals surface area contributed by atoms with Crippen molar-refractivity contribution >= 4 is 28.1 Å². The highest BCUT2D eigenvalue weighted by Crippen LogP contribution is 2.27. The number of thiophene rings is 1. The van der Waals surface area contributed by atoms with E-state index < -0.39 is 0 Å². The Morgan fingerprint density at radius 3 is 2.78 bits per heavy atom. The van der Waals surface area contributed by atoms with Gasteiger partial charge in [0, 0.05) is 23.4 Å². The van der Waals surface area contributed by atoms with Gasteiger partial charge in [0.05, 0.1) is 5.52 Å². The summed E-state index contributed by atoms with van der Waals surface area (Å²) in [4.78, 5) is 9.27. The number of nitrogens with zero attached hydrogens (tertiary/aromatic N) is 2. The van der Waals surface area contributed by atoms with Crippen molar-refractivity contribution in [2.24, 2.45) is 0 Å². The molecule has 1 aromatic carbocycles. The van der Waals surface area contributed by atoms with E-state index in [2.05, 4.69) is 33.7 Å². The third-order valence-electron chi connectivity index (χ3n) is 2.94. The van der Waals surface area contributed by atoms with Crippen molar-refractivity contribution < 1.29 is 0 Å². The average Bonchev–Trinajstić information content (AvgIpc) is 2.92. The van der Waals surface area contributed by atoms with Crippen molar-refractivity contribution in [2.45, 2.75) is 6.92 Å². The van der Waals surface area contributed by atoms with Crippen LogP contribution in [0.25, 0.3) is 22.3 Å². The van der Waals surface area contributed by atoms with Crippen LogP contribution in [0.2, 0.25) is 0 Å². The molecule has 18 heavy (non-hydrogen) atoms. The van der Waals surface area contributed by atoms with Gasteiger partial charge < -0.3 is 5.32 Å². The Bertz CT molecular complexity index is 690. The first-order chi connectivity index (χ1) is 8.79. The average molecular weight is 255 g/mol. The minimum absolute atomic E-state index is 0.780. The van der Waals surface area contributed by atoms with Gasteiger partial charge >= 0.3 is 0 Å². The second kappa shape index (κ2) is 4.38. The maximum absolute atomic E-state index is 4.68. The Labute approximate surface area is 110 Å². The van der Waals surface area contributed by atoms with Crippen LogP contribution >= 0.6 is 11.3 Å². The minimum atomic E-state index is 0.780. The molecule has 0 atom stereocenters. The molecule has 2 aromatic heterocycles. The Kier molecular flexibility index (Phi) is 2.72. The maximum Gasteiger partial charge on any atom is 0.163 e. The predicted molar refractivity (Wildman–Crippen MR) is 77.1 cm³/mol. The first kappa shape index (κ1) is 11.2. The van der Waals surface area contributed by atoms with Crippen LogP contribution in [0.4, 0.5) is 5.82 Å². The van der Waals surface area contributed by atoms with Crippen LogP contribution in [-0.4, -0.2) is 17.0 Å². The highest BCUT2D eigenvalue weighted by Gasteiger charge is 2.09. The number of hydrogen-bond donors (Lipinski definition) is 1. The van der Waals surface area contributed by atoms with E-state index in [-0.39, 0.29) is 0 Å². The lowest BCUT2D eigenvalue weighted by atomic mass is 10.1. The lowest BCUT2D eigenvalue weighted by molar-refractivity contribution is 1.21. The van der Waals surface area contributed by atoms with E-state index in [4.69, 9.17) is 0 Å². The molecule has 4 heteroatoms. The summed E-state index contributed by atoms with van der Waals surface area (Å²) >= 11 is 1.66. The van der Waals surface area contributed by atoms with Crippen molar-refractivity contribution in [3.05, 3.63) is 40.6 Å². The van der Waals surface area contributed by atoms with Crippen molar-refractivity contribution in [3.63, 3.8) is 0 Å². The zero-order valence-corrected chi connectivity index (χ0v) is 11.1. The van der Waals surface area contributed by atoms with E-state index in [1.807, 2.05) is 30.6 Å². The van der Waals surface area contributed by atoms with Crippen molar-refractivity contribution in [3.8, 4) is 11.4 Å². The van der Waals surface area contributed by atoms with Gasteiger partial charge in [0.25, 0.3) is 0 Å². The molecule has 0 aliphatic carbocycles. The SMILES string of the molecule is CNc1nc(-c2ccsc2)nc2c(C)cccc12. The first-order valence-electron chi connectivity index (χ1n) is 5.77. The summed E-state index contributed by atoms with van der Waals surface area (Å²) in [6.45, 7) is 2.08. The third-order valence-corrected chi connectivity index (χ3v) is 3.63. The van der Waals surface area contributed by atoms with E-state index in [0.29, 0.717) is 0 Å². The third kappa shape index (κ3) is 1.75. The zero-order valence-electron chi connectivity index (χ0n) is 10.3. The summed E-state index contributed by atoms with van der Waals surface area (Å²) in [7, 11) is 1.89. The summed E-state index contributed by atoms with van der Waals surface area (Å²) < 4.78 is 0. The number of aryl methyl sites for hydroxylation is 1. The molecule has 0 saturated carbocycles. The lowest BCUT2D eigenvalue weighted by Gasteiger charge is -2.08. The van der Waals surface area contributed by atoms with Gasteiger partial charge in [-0.05, 0) is 30.0 Å². The van der Waals surface area contributed by atoms with Gasteiger partial charge in [-0.25, -0.2) is 9.97 Å². The molecule has 90 valence electrons. The zero-order chi connectivity index (χ0) is 12.5. The van der Waals surface area contributed by atoms with Gasteiger partial charge in [-0.2, -0.15) is 11.3 Å². The number of rotatable bonds is 2. The van der Waals surface area contributed by atoms with Crippen LogP contribution in [0.3, 0.4) is 0 Å². The van der Waals surface area contributed by atoms with Gasteiger partial charge in [0.2, 0.25) is 0 Å². The fourth-order valence-corrected chi connectivity index (χ4v) is 2.64. The van der Waals surface area contributed by atoms with Gasteiger partial charge in [-0.1, -0.05) is 12.1 Å². The van der Waals surface area contributed by atoms with Crippen LogP contribution < -0.4 is 5.32 Å². The molecule has 3 rings (SSSR count). The van der Waals surface area contributed by atoms with E-state index in [1.165, 1.54) is 5.56 Å². The molecule has 0 unspecified atom stereocenters. The van der Waals surface area contributed by atoms with E-state index in [9.17, 15) is 0 Å². The van der Waals surface area contributed by atoms with Gasteiger partial charge in [-0.3, -0.25) is 0 Å². The van der Waals surface area contributed by atoms with Crippen molar-refractivity contribution in [1.82, 2.24) is 9.97 Å². The fraction of sp³-hybridized carbons (Fsp3) is 0.143. The van der Waals surface area contributed by atoms with Crippen molar-refractivity contribution in [2.75, 3.05) is 12.4 Å². The molecule has 0 spiro atoms. The number of anilines is 1. The summed E-state index contributed by atoms with van der Waals surface area (Å²) in [5.74, 6) is 1.66. The molecular formula is C14H13N3S. The molecule has 3 nitrogen and oxygen atoms in total. The largest absolute Gasteiger partial charge is 0.373 e. The van der Waals surface area contributed by atoms with Crippen LogP contribution in [0.15, 0.2) is 35.0 Å². The normalized spacial score (nSPS) is 10.8. The number of benzene rings is 1. The molecule has 1 N–H and O–H groups in total. The monoisotopic (exact) mass is 255 g/mol. The highest BCUT2D eigenvalue weighted by molar-refractivity contribution is 7.08. The smallest absolute Gasteiger partial charge is 0.163 e. The summed E-state index contributed by atoms with van der Waals surface area (Å²) in [5.41, 5.74) is 3.25. The van der Waals surface area contributed by atoms with Crippen LogP contribution in [0, 0.1) is 6.92 Å². The Hall–Kier alpha value is -1.94. The number of aromatic nitrogens is 2. The predicted octanol–water partition coefficient (Wildman–Crippen LogP) is 3.71.